The molecule has 1 N–H and O–H groups in total. The summed E-state index contributed by atoms with van der Waals surface area (Å²) in [5.74, 6) is 0.562. The molecule has 4 rings (SSSR count). The Morgan fingerprint density at radius 1 is 0.897 bits per heavy atom. The van der Waals surface area contributed by atoms with E-state index in [1.54, 1.807) is 18.6 Å². The normalized spacial score (nSPS) is 14.0. The maximum absolute atomic E-state index is 12.7. The van der Waals surface area contributed by atoms with Crippen molar-refractivity contribution in [1.29, 1.82) is 0 Å². The van der Waals surface area contributed by atoms with Crippen molar-refractivity contribution in [1.82, 2.24) is 15.0 Å². The van der Waals surface area contributed by atoms with E-state index in [2.05, 4.69) is 30.1 Å². The number of nitrogens with zero attached hydrogens (tertiary/aromatic N) is 5. The average Bonchev–Trinajstić information content (AvgIpc) is 2.78. The molecular weight excluding hydrogens is 364 g/mol. The maximum Gasteiger partial charge on any atom is 0.274 e. The molecule has 3 heterocycles. The minimum Gasteiger partial charge on any atom is -0.368 e. The number of pyridine rings is 1. The zero-order valence-electron chi connectivity index (χ0n) is 16.7. The minimum absolute atomic E-state index is 0.197. The molecule has 0 spiro atoms. The lowest BCUT2D eigenvalue weighted by atomic mass is 10.1. The second-order valence-electron chi connectivity index (χ2n) is 7.12. The lowest BCUT2D eigenvalue weighted by Gasteiger charge is -2.36. The average molecular weight is 388 g/mol. The summed E-state index contributed by atoms with van der Waals surface area (Å²) >= 11 is 0. The van der Waals surface area contributed by atoms with Crippen LogP contribution in [0.1, 0.15) is 21.6 Å². The second-order valence-corrected chi connectivity index (χ2v) is 7.12. The Balaban J connectivity index is 1.44. The number of amides is 1. The van der Waals surface area contributed by atoms with E-state index in [4.69, 9.17) is 0 Å². The van der Waals surface area contributed by atoms with Gasteiger partial charge in [-0.2, -0.15) is 0 Å². The molecule has 0 atom stereocenters. The van der Waals surface area contributed by atoms with Crippen molar-refractivity contribution >= 4 is 23.2 Å². The summed E-state index contributed by atoms with van der Waals surface area (Å²) in [4.78, 5) is 30.1. The van der Waals surface area contributed by atoms with E-state index in [9.17, 15) is 4.79 Å². The second kappa shape index (κ2) is 8.26. The Hall–Kier alpha value is -3.48. The van der Waals surface area contributed by atoms with E-state index in [-0.39, 0.29) is 5.91 Å². The van der Waals surface area contributed by atoms with Gasteiger partial charge in [0.15, 0.2) is 0 Å². The highest BCUT2D eigenvalue weighted by Gasteiger charge is 2.20. The third kappa shape index (κ3) is 4.18. The van der Waals surface area contributed by atoms with Gasteiger partial charge in [-0.05, 0) is 49.2 Å². The number of anilines is 3. The zero-order chi connectivity index (χ0) is 20.2. The number of rotatable bonds is 4. The molecule has 29 heavy (non-hydrogen) atoms. The third-order valence-electron chi connectivity index (χ3n) is 5.31. The first-order chi connectivity index (χ1) is 14.1. The lowest BCUT2D eigenvalue weighted by Crippen LogP contribution is -2.47. The molecule has 3 aromatic rings. The molecule has 1 saturated heterocycles. The molecule has 0 bridgehead atoms. The highest BCUT2D eigenvalue weighted by molar-refractivity contribution is 6.03. The third-order valence-corrected chi connectivity index (χ3v) is 5.31. The van der Waals surface area contributed by atoms with Crippen LogP contribution in [-0.4, -0.2) is 47.0 Å². The van der Waals surface area contributed by atoms with Crippen LogP contribution in [0.25, 0.3) is 0 Å². The van der Waals surface area contributed by atoms with Crippen LogP contribution in [0.4, 0.5) is 17.3 Å². The molecule has 1 aliphatic rings. The first-order valence-electron chi connectivity index (χ1n) is 9.72. The van der Waals surface area contributed by atoms with Crippen LogP contribution in [0.2, 0.25) is 0 Å². The Morgan fingerprint density at radius 2 is 1.62 bits per heavy atom. The van der Waals surface area contributed by atoms with Gasteiger partial charge in [-0.3, -0.25) is 9.78 Å². The quantitative estimate of drug-likeness (QED) is 0.740. The van der Waals surface area contributed by atoms with Crippen LogP contribution in [0.3, 0.4) is 0 Å². The van der Waals surface area contributed by atoms with Crippen molar-refractivity contribution in [3.05, 3.63) is 71.8 Å². The van der Waals surface area contributed by atoms with E-state index in [0.717, 1.165) is 54.6 Å². The van der Waals surface area contributed by atoms with Crippen LogP contribution in [-0.2, 0) is 0 Å². The van der Waals surface area contributed by atoms with Crippen molar-refractivity contribution in [2.75, 3.05) is 41.3 Å². The molecule has 0 radical (unpaired) electrons. The zero-order valence-corrected chi connectivity index (χ0v) is 16.7. The molecule has 0 aliphatic carbocycles. The summed E-state index contributed by atoms with van der Waals surface area (Å²) in [5.41, 5.74) is 4.44. The van der Waals surface area contributed by atoms with Gasteiger partial charge >= 0.3 is 0 Å². The lowest BCUT2D eigenvalue weighted by molar-refractivity contribution is 0.102. The van der Waals surface area contributed by atoms with Gasteiger partial charge in [-0.1, -0.05) is 12.1 Å². The number of hydrogen-bond donors (Lipinski definition) is 1. The number of nitrogens with one attached hydrogen (secondary N) is 1. The fourth-order valence-corrected chi connectivity index (χ4v) is 3.43. The summed E-state index contributed by atoms with van der Waals surface area (Å²) in [6.45, 7) is 7.36. The number of benzene rings is 1. The predicted molar refractivity (Wildman–Crippen MR) is 115 cm³/mol. The van der Waals surface area contributed by atoms with Crippen LogP contribution in [0.15, 0.2) is 55.0 Å². The number of hydrogen-bond acceptors (Lipinski definition) is 6. The Kier molecular flexibility index (Phi) is 5.37. The first-order valence-corrected chi connectivity index (χ1v) is 9.72. The molecule has 1 fully saturated rings. The predicted octanol–water partition coefficient (Wildman–Crippen LogP) is 3.07. The van der Waals surface area contributed by atoms with Crippen molar-refractivity contribution in [2.24, 2.45) is 0 Å². The van der Waals surface area contributed by atoms with Crippen LogP contribution < -0.4 is 15.1 Å². The molecule has 0 unspecified atom stereocenters. The van der Waals surface area contributed by atoms with Gasteiger partial charge in [0.05, 0.1) is 0 Å². The van der Waals surface area contributed by atoms with Gasteiger partial charge in [-0.25, -0.2) is 9.97 Å². The molecular formula is C22H24N6O. The minimum atomic E-state index is -0.197. The highest BCUT2D eigenvalue weighted by atomic mass is 16.1. The monoisotopic (exact) mass is 388 g/mol. The highest BCUT2D eigenvalue weighted by Crippen LogP contribution is 2.21. The molecule has 0 saturated carbocycles. The van der Waals surface area contributed by atoms with Crippen LogP contribution >= 0.6 is 0 Å². The van der Waals surface area contributed by atoms with Crippen molar-refractivity contribution in [3.8, 4) is 0 Å². The van der Waals surface area contributed by atoms with E-state index in [1.807, 2.05) is 50.2 Å². The SMILES string of the molecule is Cc1cccc(NC(=O)c2cc(N3CCN(c4ncccn4)CC3)ccn2)c1C. The van der Waals surface area contributed by atoms with E-state index >= 15 is 0 Å². The number of aryl methyl sites for hydroxylation is 1. The molecule has 148 valence electrons. The van der Waals surface area contributed by atoms with Crippen LogP contribution in [0, 0.1) is 13.8 Å². The molecule has 7 heteroatoms. The molecule has 1 aromatic carbocycles. The van der Waals surface area contributed by atoms with Crippen molar-refractivity contribution in [2.45, 2.75) is 13.8 Å². The van der Waals surface area contributed by atoms with E-state index in [1.165, 1.54) is 0 Å². The van der Waals surface area contributed by atoms with Gasteiger partial charge in [0, 0.05) is 56.1 Å². The molecule has 2 aromatic heterocycles. The Morgan fingerprint density at radius 3 is 2.38 bits per heavy atom. The Labute approximate surface area is 170 Å². The fourth-order valence-electron chi connectivity index (χ4n) is 3.43. The summed E-state index contributed by atoms with van der Waals surface area (Å²) in [6, 6.07) is 11.5. The first kappa shape index (κ1) is 18.9. The van der Waals surface area contributed by atoms with Crippen molar-refractivity contribution in [3.63, 3.8) is 0 Å². The summed E-state index contributed by atoms with van der Waals surface area (Å²) in [5, 5.41) is 2.98. The van der Waals surface area contributed by atoms with Gasteiger partial charge in [0.2, 0.25) is 5.95 Å². The molecule has 1 aliphatic heterocycles. The number of carbonyl (C=O) groups excluding carboxylic acids is 1. The van der Waals surface area contributed by atoms with E-state index in [0.29, 0.717) is 5.69 Å². The maximum atomic E-state index is 12.7. The van der Waals surface area contributed by atoms with Crippen molar-refractivity contribution < 1.29 is 4.79 Å². The number of carbonyl (C=O) groups is 1. The van der Waals surface area contributed by atoms with Gasteiger partial charge in [0.1, 0.15) is 5.69 Å². The largest absolute Gasteiger partial charge is 0.368 e. The van der Waals surface area contributed by atoms with Crippen LogP contribution in [0.5, 0.6) is 0 Å². The summed E-state index contributed by atoms with van der Waals surface area (Å²) in [6.07, 6.45) is 5.22. The summed E-state index contributed by atoms with van der Waals surface area (Å²) in [7, 11) is 0. The summed E-state index contributed by atoms with van der Waals surface area (Å²) < 4.78 is 0. The smallest absolute Gasteiger partial charge is 0.274 e. The van der Waals surface area contributed by atoms with Gasteiger partial charge in [0.25, 0.3) is 5.91 Å². The van der Waals surface area contributed by atoms with Gasteiger partial charge in [-0.15, -0.1) is 0 Å². The standard InChI is InChI=1S/C22H24N6O/c1-16-5-3-6-19(17(16)2)26-21(29)20-15-18(7-10-23-20)27-11-13-28(14-12-27)22-24-8-4-9-25-22/h3-10,15H,11-14H2,1-2H3,(H,26,29). The number of piperazine rings is 1. The molecule has 1 amide bonds. The topological polar surface area (TPSA) is 74.2 Å². The fraction of sp³-hybridized carbons (Fsp3) is 0.273. The number of aromatic nitrogens is 3. The Bertz CT molecular complexity index is 999. The van der Waals surface area contributed by atoms with Gasteiger partial charge < -0.3 is 15.1 Å². The van der Waals surface area contributed by atoms with E-state index < -0.39 is 0 Å². The molecule has 7 nitrogen and oxygen atoms in total.